The molecule has 0 heterocycles. The van der Waals surface area contributed by atoms with E-state index in [0.29, 0.717) is 0 Å². The molecular formula is C6H16O8S2. The SMILES string of the molecule is CCOS(=O)(=O)OCC.COS(=O)(=O)OC. The summed E-state index contributed by atoms with van der Waals surface area (Å²) in [6, 6.07) is 0. The van der Waals surface area contributed by atoms with E-state index >= 15 is 0 Å². The number of hydrogen-bond donors (Lipinski definition) is 0. The van der Waals surface area contributed by atoms with Crippen LogP contribution in [0.15, 0.2) is 0 Å². The molecule has 16 heavy (non-hydrogen) atoms. The second-order valence-electron chi connectivity index (χ2n) is 1.96. The van der Waals surface area contributed by atoms with Crippen molar-refractivity contribution in [1.29, 1.82) is 0 Å². The molecule has 0 aliphatic rings. The van der Waals surface area contributed by atoms with Crippen molar-refractivity contribution in [1.82, 2.24) is 0 Å². The Labute approximate surface area is 96.1 Å². The highest BCUT2D eigenvalue weighted by Crippen LogP contribution is 1.93. The summed E-state index contributed by atoms with van der Waals surface area (Å²) in [6.45, 7) is 3.39. The van der Waals surface area contributed by atoms with Gasteiger partial charge >= 0.3 is 20.8 Å². The minimum Gasteiger partial charge on any atom is -0.252 e. The zero-order valence-electron chi connectivity index (χ0n) is 9.50. The summed E-state index contributed by atoms with van der Waals surface area (Å²) < 4.78 is 56.7. The second-order valence-corrected chi connectivity index (χ2v) is 4.73. The van der Waals surface area contributed by atoms with Gasteiger partial charge in [-0.3, -0.25) is 8.37 Å². The molecule has 0 N–H and O–H groups in total. The van der Waals surface area contributed by atoms with Crippen LogP contribution in [0.4, 0.5) is 0 Å². The van der Waals surface area contributed by atoms with E-state index in [4.69, 9.17) is 0 Å². The van der Waals surface area contributed by atoms with Gasteiger partial charge in [0.15, 0.2) is 0 Å². The Kier molecular flexibility index (Phi) is 10.0. The Bertz CT molecular complexity index is 321. The summed E-state index contributed by atoms with van der Waals surface area (Å²) in [6.07, 6.45) is 0. The molecule has 0 aliphatic heterocycles. The van der Waals surface area contributed by atoms with Gasteiger partial charge in [0.25, 0.3) is 0 Å². The lowest BCUT2D eigenvalue weighted by atomic mass is 10.9. The van der Waals surface area contributed by atoms with Gasteiger partial charge in [-0.15, -0.1) is 0 Å². The molecule has 0 fully saturated rings. The van der Waals surface area contributed by atoms with Crippen LogP contribution in [-0.4, -0.2) is 44.3 Å². The highest BCUT2D eigenvalue weighted by Gasteiger charge is 2.06. The summed E-state index contributed by atoms with van der Waals surface area (Å²) in [5.74, 6) is 0. The third kappa shape index (κ3) is 11.8. The van der Waals surface area contributed by atoms with E-state index in [1.165, 1.54) is 0 Å². The Morgan fingerprint density at radius 1 is 0.750 bits per heavy atom. The van der Waals surface area contributed by atoms with Gasteiger partial charge in [-0.05, 0) is 13.8 Å². The lowest BCUT2D eigenvalue weighted by Gasteiger charge is -1.99. The Morgan fingerprint density at radius 2 is 1.06 bits per heavy atom. The number of rotatable bonds is 6. The molecule has 100 valence electrons. The molecule has 0 aromatic rings. The highest BCUT2D eigenvalue weighted by molar-refractivity contribution is 7.82. The quantitative estimate of drug-likeness (QED) is 0.660. The molecule has 0 rings (SSSR count). The van der Waals surface area contributed by atoms with E-state index in [2.05, 4.69) is 16.7 Å². The van der Waals surface area contributed by atoms with E-state index in [1.54, 1.807) is 13.8 Å². The smallest absolute Gasteiger partial charge is 0.252 e. The Hall–Kier alpha value is -0.260. The van der Waals surface area contributed by atoms with Crippen molar-refractivity contribution in [3.05, 3.63) is 0 Å². The fraction of sp³-hybridized carbons (Fsp3) is 1.00. The van der Waals surface area contributed by atoms with Crippen LogP contribution in [0.5, 0.6) is 0 Å². The van der Waals surface area contributed by atoms with Gasteiger partial charge in [0, 0.05) is 0 Å². The average molecular weight is 280 g/mol. The molecule has 0 bridgehead atoms. The van der Waals surface area contributed by atoms with E-state index < -0.39 is 20.8 Å². The molecule has 0 aromatic carbocycles. The first kappa shape index (κ1) is 18.1. The molecule has 0 aromatic heterocycles. The molecule has 0 aliphatic carbocycles. The molecule has 0 radical (unpaired) electrons. The zero-order valence-corrected chi connectivity index (χ0v) is 11.1. The maximum Gasteiger partial charge on any atom is 0.399 e. The van der Waals surface area contributed by atoms with Gasteiger partial charge < -0.3 is 0 Å². The third-order valence-electron chi connectivity index (χ3n) is 0.933. The lowest BCUT2D eigenvalue weighted by Crippen LogP contribution is -2.09. The molecular weight excluding hydrogens is 264 g/mol. The van der Waals surface area contributed by atoms with Crippen LogP contribution in [0.2, 0.25) is 0 Å². The van der Waals surface area contributed by atoms with E-state index in [0.717, 1.165) is 14.2 Å². The van der Waals surface area contributed by atoms with Crippen molar-refractivity contribution < 1.29 is 33.6 Å². The second kappa shape index (κ2) is 8.84. The van der Waals surface area contributed by atoms with Crippen molar-refractivity contribution in [3.63, 3.8) is 0 Å². The zero-order chi connectivity index (χ0) is 13.2. The van der Waals surface area contributed by atoms with Gasteiger partial charge in [-0.25, -0.2) is 8.37 Å². The van der Waals surface area contributed by atoms with Crippen LogP contribution >= 0.6 is 0 Å². The lowest BCUT2D eigenvalue weighted by molar-refractivity contribution is 0.231. The molecule has 0 unspecified atom stereocenters. The molecule has 0 atom stereocenters. The normalized spacial score (nSPS) is 11.8. The minimum absolute atomic E-state index is 0.113. The maximum absolute atomic E-state index is 10.4. The molecule has 0 amide bonds. The first-order chi connectivity index (χ1) is 7.24. The highest BCUT2D eigenvalue weighted by atomic mass is 32.3. The van der Waals surface area contributed by atoms with Gasteiger partial charge in [0.1, 0.15) is 0 Å². The van der Waals surface area contributed by atoms with E-state index in [-0.39, 0.29) is 13.2 Å². The predicted molar refractivity (Wildman–Crippen MR) is 55.1 cm³/mol. The standard InChI is InChI=1S/C4H10O4S.C2H6O4S/c1-3-7-9(5,6)8-4-2;1-5-7(3,4)6-2/h3-4H2,1-2H3;1-2H3. The van der Waals surface area contributed by atoms with Crippen molar-refractivity contribution in [2.24, 2.45) is 0 Å². The fourth-order valence-corrected chi connectivity index (χ4v) is 1.17. The summed E-state index contributed by atoms with van der Waals surface area (Å²) >= 11 is 0. The molecule has 0 spiro atoms. The summed E-state index contributed by atoms with van der Waals surface area (Å²) in [4.78, 5) is 0. The molecule has 0 saturated carbocycles. The summed E-state index contributed by atoms with van der Waals surface area (Å²) in [7, 11) is -5.29. The summed E-state index contributed by atoms with van der Waals surface area (Å²) in [5.41, 5.74) is 0. The first-order valence-corrected chi connectivity index (χ1v) is 6.81. The molecule has 0 saturated heterocycles. The monoisotopic (exact) mass is 280 g/mol. The fourth-order valence-electron chi connectivity index (χ4n) is 0.391. The maximum atomic E-state index is 10.4. The van der Waals surface area contributed by atoms with Crippen LogP contribution < -0.4 is 0 Å². The summed E-state index contributed by atoms with van der Waals surface area (Å²) in [5, 5.41) is 0. The average Bonchev–Trinajstić information content (AvgIpc) is 2.18. The van der Waals surface area contributed by atoms with E-state index in [1.807, 2.05) is 0 Å². The van der Waals surface area contributed by atoms with Crippen LogP contribution in [0, 0.1) is 0 Å². The van der Waals surface area contributed by atoms with Crippen LogP contribution in [0.25, 0.3) is 0 Å². The van der Waals surface area contributed by atoms with Crippen molar-refractivity contribution in [2.45, 2.75) is 13.8 Å². The van der Waals surface area contributed by atoms with Crippen molar-refractivity contribution in [2.75, 3.05) is 27.4 Å². The largest absolute Gasteiger partial charge is 0.399 e. The van der Waals surface area contributed by atoms with Crippen LogP contribution in [0.3, 0.4) is 0 Å². The Morgan fingerprint density at radius 3 is 1.19 bits per heavy atom. The van der Waals surface area contributed by atoms with Crippen LogP contribution in [-0.2, 0) is 37.5 Å². The molecule has 8 nitrogen and oxygen atoms in total. The van der Waals surface area contributed by atoms with Crippen LogP contribution in [0.1, 0.15) is 13.8 Å². The molecule has 10 heteroatoms. The third-order valence-corrected chi connectivity index (χ3v) is 2.80. The number of hydrogen-bond acceptors (Lipinski definition) is 8. The van der Waals surface area contributed by atoms with E-state index in [9.17, 15) is 16.8 Å². The first-order valence-electron chi connectivity index (χ1n) is 4.14. The Balaban J connectivity index is 0. The van der Waals surface area contributed by atoms with Crippen molar-refractivity contribution in [3.8, 4) is 0 Å². The van der Waals surface area contributed by atoms with Gasteiger partial charge in [0.05, 0.1) is 27.4 Å². The minimum atomic E-state index is -3.68. The predicted octanol–water partition coefficient (Wildman–Crippen LogP) is -0.172. The topological polar surface area (TPSA) is 105 Å². The van der Waals surface area contributed by atoms with Gasteiger partial charge in [0.2, 0.25) is 0 Å². The van der Waals surface area contributed by atoms with Gasteiger partial charge in [-0.1, -0.05) is 0 Å². The van der Waals surface area contributed by atoms with Gasteiger partial charge in [-0.2, -0.15) is 16.8 Å². The van der Waals surface area contributed by atoms with Crippen molar-refractivity contribution >= 4 is 20.8 Å².